The van der Waals surface area contributed by atoms with E-state index in [4.69, 9.17) is 11.5 Å². The fraction of sp³-hybridized carbons (Fsp3) is 1.00. The summed E-state index contributed by atoms with van der Waals surface area (Å²) in [5, 5.41) is 20.1. The van der Waals surface area contributed by atoms with Crippen molar-refractivity contribution >= 4 is 0 Å². The lowest BCUT2D eigenvalue weighted by Gasteiger charge is -2.23. The van der Waals surface area contributed by atoms with Gasteiger partial charge in [0.15, 0.2) is 0 Å². The Balaban J connectivity index is 3.57. The van der Waals surface area contributed by atoms with Gasteiger partial charge in [0.25, 0.3) is 0 Å². The standard InChI is InChI=1S/C16H43N9/c1-2-19-11-13-25(16-24-10-9-23-15-18)14-12-22-8-7-21-6-5-20-4-3-17/h19-24H,2-18H2,1H3. The first-order chi connectivity index (χ1) is 12.3. The summed E-state index contributed by atoms with van der Waals surface area (Å²) in [6.07, 6.45) is 0. The third kappa shape index (κ3) is 19.8. The highest BCUT2D eigenvalue weighted by Gasteiger charge is 2.03. The maximum Gasteiger partial charge on any atom is 0.0481 e. The molecule has 0 fully saturated rings. The zero-order valence-electron chi connectivity index (χ0n) is 16.2. The molecule has 0 saturated heterocycles. The fourth-order valence-electron chi connectivity index (χ4n) is 2.27. The summed E-state index contributed by atoms with van der Waals surface area (Å²) in [5.74, 6) is 0. The molecule has 10 N–H and O–H groups in total. The SMILES string of the molecule is CCNCCN(CCNCCNCCNCCN)CNCCNCN. The second-order valence-electron chi connectivity index (χ2n) is 5.87. The molecule has 0 radical (unpaired) electrons. The summed E-state index contributed by atoms with van der Waals surface area (Å²) in [5.41, 5.74) is 10.8. The van der Waals surface area contributed by atoms with Gasteiger partial charge in [-0.2, -0.15) is 0 Å². The number of nitrogens with two attached hydrogens (primary N) is 2. The van der Waals surface area contributed by atoms with Crippen LogP contribution < -0.4 is 43.4 Å². The summed E-state index contributed by atoms with van der Waals surface area (Å²) >= 11 is 0. The molecule has 0 aliphatic carbocycles. The van der Waals surface area contributed by atoms with Crippen molar-refractivity contribution in [2.24, 2.45) is 11.5 Å². The van der Waals surface area contributed by atoms with E-state index in [9.17, 15) is 0 Å². The van der Waals surface area contributed by atoms with Crippen LogP contribution in [0.2, 0.25) is 0 Å². The number of likely N-dealkylation sites (N-methyl/N-ethyl adjacent to an activating group) is 1. The van der Waals surface area contributed by atoms with Crippen molar-refractivity contribution in [3.8, 4) is 0 Å². The molecule has 0 bridgehead atoms. The summed E-state index contributed by atoms with van der Waals surface area (Å²) < 4.78 is 0. The normalized spacial score (nSPS) is 11.5. The van der Waals surface area contributed by atoms with Crippen molar-refractivity contribution in [2.75, 3.05) is 98.4 Å². The first kappa shape index (κ1) is 24.6. The Morgan fingerprint density at radius 3 is 1.72 bits per heavy atom. The van der Waals surface area contributed by atoms with Crippen LogP contribution >= 0.6 is 0 Å². The molecule has 9 nitrogen and oxygen atoms in total. The van der Waals surface area contributed by atoms with Crippen LogP contribution in [0.5, 0.6) is 0 Å². The van der Waals surface area contributed by atoms with Crippen molar-refractivity contribution < 1.29 is 0 Å². The Morgan fingerprint density at radius 1 is 0.600 bits per heavy atom. The molecule has 152 valence electrons. The molecule has 0 aromatic heterocycles. The topological polar surface area (TPSA) is 127 Å². The molecule has 0 aliphatic rings. The van der Waals surface area contributed by atoms with E-state index in [1.54, 1.807) is 0 Å². The maximum atomic E-state index is 5.43. The molecule has 0 rings (SSSR count). The van der Waals surface area contributed by atoms with Gasteiger partial charge in [0.1, 0.15) is 0 Å². The van der Waals surface area contributed by atoms with Gasteiger partial charge in [-0.15, -0.1) is 0 Å². The molecule has 0 heterocycles. The van der Waals surface area contributed by atoms with Crippen LogP contribution in [-0.4, -0.2) is 103 Å². The van der Waals surface area contributed by atoms with Crippen molar-refractivity contribution in [1.82, 2.24) is 36.8 Å². The zero-order chi connectivity index (χ0) is 18.4. The molecule has 0 unspecified atom stereocenters. The van der Waals surface area contributed by atoms with Crippen LogP contribution in [0.15, 0.2) is 0 Å². The van der Waals surface area contributed by atoms with Gasteiger partial charge >= 0.3 is 0 Å². The summed E-state index contributed by atoms with van der Waals surface area (Å²) in [6, 6.07) is 0. The summed E-state index contributed by atoms with van der Waals surface area (Å²) in [7, 11) is 0. The molecule has 0 aromatic carbocycles. The minimum absolute atomic E-state index is 0.535. The van der Waals surface area contributed by atoms with Gasteiger partial charge in [0, 0.05) is 91.9 Å². The Hall–Kier alpha value is -0.360. The Labute approximate surface area is 154 Å². The second kappa shape index (κ2) is 21.7. The van der Waals surface area contributed by atoms with Crippen molar-refractivity contribution in [1.29, 1.82) is 0 Å². The Morgan fingerprint density at radius 2 is 1.12 bits per heavy atom. The van der Waals surface area contributed by atoms with Crippen LogP contribution in [0.25, 0.3) is 0 Å². The lowest BCUT2D eigenvalue weighted by molar-refractivity contribution is 0.253. The third-order valence-corrected chi connectivity index (χ3v) is 3.70. The average Bonchev–Trinajstić information content (AvgIpc) is 2.62. The van der Waals surface area contributed by atoms with Gasteiger partial charge in [-0.1, -0.05) is 6.92 Å². The van der Waals surface area contributed by atoms with E-state index in [0.717, 1.165) is 85.2 Å². The van der Waals surface area contributed by atoms with Gasteiger partial charge in [0.05, 0.1) is 0 Å². The van der Waals surface area contributed by atoms with Gasteiger partial charge in [-0.25, -0.2) is 0 Å². The van der Waals surface area contributed by atoms with Crippen LogP contribution in [0, 0.1) is 0 Å². The molecule has 0 aromatic rings. The summed E-state index contributed by atoms with van der Waals surface area (Å²) in [4.78, 5) is 2.43. The monoisotopic (exact) mass is 361 g/mol. The zero-order valence-corrected chi connectivity index (χ0v) is 16.2. The molecule has 0 saturated carbocycles. The predicted octanol–water partition coefficient (Wildman–Crippen LogP) is -3.32. The molecular weight excluding hydrogens is 318 g/mol. The number of rotatable bonds is 21. The lowest BCUT2D eigenvalue weighted by atomic mass is 10.4. The van der Waals surface area contributed by atoms with E-state index in [2.05, 4.69) is 43.7 Å². The molecule has 0 spiro atoms. The molecule has 25 heavy (non-hydrogen) atoms. The van der Waals surface area contributed by atoms with Gasteiger partial charge in [0.2, 0.25) is 0 Å². The fourth-order valence-corrected chi connectivity index (χ4v) is 2.27. The number of nitrogens with one attached hydrogen (secondary N) is 6. The number of hydrogen-bond acceptors (Lipinski definition) is 9. The van der Waals surface area contributed by atoms with E-state index in [-0.39, 0.29) is 0 Å². The van der Waals surface area contributed by atoms with E-state index in [1.165, 1.54) is 0 Å². The highest BCUT2D eigenvalue weighted by atomic mass is 15.2. The molecule has 0 aliphatic heterocycles. The highest BCUT2D eigenvalue weighted by Crippen LogP contribution is 1.84. The molecule has 0 atom stereocenters. The van der Waals surface area contributed by atoms with Crippen LogP contribution in [0.4, 0.5) is 0 Å². The highest BCUT2D eigenvalue weighted by molar-refractivity contribution is 4.63. The van der Waals surface area contributed by atoms with Gasteiger partial charge in [-0.05, 0) is 6.54 Å². The molecule has 0 amide bonds. The Bertz CT molecular complexity index is 244. The predicted molar refractivity (Wildman–Crippen MR) is 108 cm³/mol. The number of nitrogens with zero attached hydrogens (tertiary/aromatic N) is 1. The maximum absolute atomic E-state index is 5.43. The minimum Gasteiger partial charge on any atom is -0.329 e. The first-order valence-corrected chi connectivity index (χ1v) is 9.71. The van der Waals surface area contributed by atoms with Crippen molar-refractivity contribution in [3.63, 3.8) is 0 Å². The van der Waals surface area contributed by atoms with Crippen molar-refractivity contribution in [2.45, 2.75) is 6.92 Å². The van der Waals surface area contributed by atoms with Crippen LogP contribution in [0.3, 0.4) is 0 Å². The smallest absolute Gasteiger partial charge is 0.0481 e. The van der Waals surface area contributed by atoms with Crippen molar-refractivity contribution in [3.05, 3.63) is 0 Å². The largest absolute Gasteiger partial charge is 0.329 e. The third-order valence-electron chi connectivity index (χ3n) is 3.70. The van der Waals surface area contributed by atoms with E-state index in [0.29, 0.717) is 13.2 Å². The number of hydrogen-bond donors (Lipinski definition) is 8. The average molecular weight is 362 g/mol. The Kier molecular flexibility index (Phi) is 21.4. The quantitative estimate of drug-likeness (QED) is 0.0782. The lowest BCUT2D eigenvalue weighted by Crippen LogP contribution is -2.44. The minimum atomic E-state index is 0.535. The van der Waals surface area contributed by atoms with E-state index >= 15 is 0 Å². The van der Waals surface area contributed by atoms with Gasteiger partial charge < -0.3 is 43.4 Å². The van der Waals surface area contributed by atoms with E-state index < -0.39 is 0 Å². The van der Waals surface area contributed by atoms with Crippen LogP contribution in [0.1, 0.15) is 6.92 Å². The van der Waals surface area contributed by atoms with Crippen LogP contribution in [-0.2, 0) is 0 Å². The molecule has 9 heteroatoms. The summed E-state index contributed by atoms with van der Waals surface area (Å²) in [6.45, 7) is 16.1. The van der Waals surface area contributed by atoms with Gasteiger partial charge in [-0.3, -0.25) is 4.90 Å². The van der Waals surface area contributed by atoms with E-state index in [1.807, 2.05) is 0 Å². The first-order valence-electron chi connectivity index (χ1n) is 9.71. The molecular formula is C16H43N9. The second-order valence-corrected chi connectivity index (χ2v) is 5.87.